The van der Waals surface area contributed by atoms with Gasteiger partial charge in [-0.1, -0.05) is 6.07 Å². The first-order chi connectivity index (χ1) is 14.5. The smallest absolute Gasteiger partial charge is 0.271 e. The summed E-state index contributed by atoms with van der Waals surface area (Å²) in [6, 6.07) is 8.39. The van der Waals surface area contributed by atoms with Crippen molar-refractivity contribution in [1.29, 1.82) is 0 Å². The van der Waals surface area contributed by atoms with Crippen LogP contribution in [0.4, 0.5) is 11.4 Å². The summed E-state index contributed by atoms with van der Waals surface area (Å²) in [4.78, 5) is 15.2. The first-order valence-electron chi connectivity index (χ1n) is 10.1. The van der Waals surface area contributed by atoms with Crippen molar-refractivity contribution in [1.82, 2.24) is 10.6 Å². The van der Waals surface area contributed by atoms with E-state index in [4.69, 9.17) is 4.74 Å². The fourth-order valence-corrected chi connectivity index (χ4v) is 5.73. The lowest BCUT2D eigenvalue weighted by atomic mass is 10.1. The van der Waals surface area contributed by atoms with Gasteiger partial charge in [-0.05, 0) is 42.5 Å². The molecule has 3 N–H and O–H groups in total. The molecule has 0 saturated carbocycles. The Morgan fingerprint density at radius 2 is 2.10 bits per heavy atom. The van der Waals surface area contributed by atoms with Gasteiger partial charge in [-0.3, -0.25) is 9.52 Å². The summed E-state index contributed by atoms with van der Waals surface area (Å²) in [6.45, 7) is 4.42. The number of rotatable bonds is 7. The Morgan fingerprint density at radius 3 is 2.80 bits per heavy atom. The Morgan fingerprint density at radius 1 is 1.27 bits per heavy atom. The minimum atomic E-state index is -3.68. The molecule has 8 nitrogen and oxygen atoms in total. The molecule has 4 rings (SSSR count). The van der Waals surface area contributed by atoms with Crippen molar-refractivity contribution in [3.63, 3.8) is 0 Å². The predicted octanol–water partition coefficient (Wildman–Crippen LogP) is 1.87. The Balaban J connectivity index is 1.58. The molecule has 0 bridgehead atoms. The first kappa shape index (κ1) is 21.1. The maximum atomic E-state index is 13.0. The van der Waals surface area contributed by atoms with E-state index >= 15 is 0 Å². The maximum absolute atomic E-state index is 13.0. The maximum Gasteiger partial charge on any atom is 0.271 e. The van der Waals surface area contributed by atoms with Crippen LogP contribution in [0.1, 0.15) is 23.2 Å². The molecule has 10 heteroatoms. The predicted molar refractivity (Wildman–Crippen MR) is 118 cm³/mol. The van der Waals surface area contributed by atoms with Crippen LogP contribution in [0, 0.1) is 0 Å². The second-order valence-corrected chi connectivity index (χ2v) is 10.2. The van der Waals surface area contributed by atoms with Gasteiger partial charge < -0.3 is 20.3 Å². The molecule has 0 unspecified atom stereocenters. The van der Waals surface area contributed by atoms with Gasteiger partial charge in [-0.2, -0.15) is 0 Å². The zero-order valence-corrected chi connectivity index (χ0v) is 18.2. The lowest BCUT2D eigenvalue weighted by molar-refractivity contribution is 0.0858. The number of thiophene rings is 1. The molecule has 2 aliphatic heterocycles. The molecule has 1 aromatic heterocycles. The number of sulfonamides is 1. The molecular formula is C20H26N4O4S2. The second kappa shape index (κ2) is 9.34. The van der Waals surface area contributed by atoms with Gasteiger partial charge in [0.15, 0.2) is 0 Å². The molecule has 0 radical (unpaired) electrons. The van der Waals surface area contributed by atoms with E-state index in [0.29, 0.717) is 17.8 Å². The Bertz CT molecular complexity index is 967. The molecule has 1 atom stereocenters. The van der Waals surface area contributed by atoms with Crippen molar-refractivity contribution in [2.75, 3.05) is 49.0 Å². The third-order valence-electron chi connectivity index (χ3n) is 5.23. The number of hydrogen-bond donors (Lipinski definition) is 3. The zero-order valence-electron chi connectivity index (χ0n) is 16.6. The van der Waals surface area contributed by atoms with Crippen molar-refractivity contribution in [2.24, 2.45) is 0 Å². The van der Waals surface area contributed by atoms with Crippen LogP contribution >= 0.6 is 11.3 Å². The summed E-state index contributed by atoms with van der Waals surface area (Å²) >= 11 is 1.15. The van der Waals surface area contributed by atoms with Crippen LogP contribution in [0.3, 0.4) is 0 Å². The number of piperazine rings is 1. The number of carbonyl (C=O) groups is 1. The van der Waals surface area contributed by atoms with E-state index in [9.17, 15) is 13.2 Å². The van der Waals surface area contributed by atoms with Crippen LogP contribution in [0.5, 0.6) is 0 Å². The van der Waals surface area contributed by atoms with E-state index in [2.05, 4.69) is 20.3 Å². The molecule has 2 aromatic rings. The molecule has 2 aliphatic rings. The van der Waals surface area contributed by atoms with Crippen LogP contribution in [0.2, 0.25) is 0 Å². The summed E-state index contributed by atoms with van der Waals surface area (Å²) < 4.78 is 33.6. The Hall–Kier alpha value is -2.14. The van der Waals surface area contributed by atoms with Gasteiger partial charge in [-0.25, -0.2) is 8.42 Å². The lowest BCUT2D eigenvalue weighted by Crippen LogP contribution is -2.44. The SMILES string of the molecule is O=C(NC[C@H]1CCCO1)c1cc(NS(=O)(=O)c2cccs2)ccc1N1CCNCC1. The van der Waals surface area contributed by atoms with Crippen molar-refractivity contribution < 1.29 is 17.9 Å². The standard InChI is InChI=1S/C20H26N4O4S2/c25-20(22-14-16-3-1-11-28-16)17-13-15(23-30(26,27)19-4-2-12-29-19)5-6-18(17)24-9-7-21-8-10-24/h2,4-6,12-13,16,21,23H,1,3,7-11,14H2,(H,22,25)/t16-/m1/s1. The van der Waals surface area contributed by atoms with Crippen LogP contribution in [0.25, 0.3) is 0 Å². The molecule has 30 heavy (non-hydrogen) atoms. The Labute approximate surface area is 180 Å². The number of carbonyl (C=O) groups excluding carboxylic acids is 1. The third kappa shape index (κ3) is 4.94. The molecule has 2 saturated heterocycles. The summed E-state index contributed by atoms with van der Waals surface area (Å²) in [5.74, 6) is -0.226. The number of amides is 1. The van der Waals surface area contributed by atoms with Crippen LogP contribution < -0.4 is 20.3 Å². The largest absolute Gasteiger partial charge is 0.376 e. The normalized spacial score (nSPS) is 19.6. The van der Waals surface area contributed by atoms with Crippen LogP contribution in [-0.4, -0.2) is 59.8 Å². The summed E-state index contributed by atoms with van der Waals surface area (Å²) in [7, 11) is -3.68. The second-order valence-electron chi connectivity index (χ2n) is 7.35. The van der Waals surface area contributed by atoms with Gasteiger partial charge >= 0.3 is 0 Å². The molecule has 0 aliphatic carbocycles. The van der Waals surface area contributed by atoms with Gasteiger partial charge in [0.1, 0.15) is 4.21 Å². The van der Waals surface area contributed by atoms with E-state index in [1.165, 1.54) is 0 Å². The number of nitrogens with one attached hydrogen (secondary N) is 3. The highest BCUT2D eigenvalue weighted by molar-refractivity contribution is 7.94. The fraction of sp³-hybridized carbons (Fsp3) is 0.450. The summed E-state index contributed by atoms with van der Waals surface area (Å²) in [6.07, 6.45) is 1.98. The van der Waals surface area contributed by atoms with Gasteiger partial charge in [-0.15, -0.1) is 11.3 Å². The number of anilines is 2. The highest BCUT2D eigenvalue weighted by atomic mass is 32.2. The van der Waals surface area contributed by atoms with E-state index in [-0.39, 0.29) is 16.2 Å². The monoisotopic (exact) mass is 450 g/mol. The van der Waals surface area contributed by atoms with Crippen LogP contribution in [0.15, 0.2) is 39.9 Å². The highest BCUT2D eigenvalue weighted by Gasteiger charge is 2.23. The molecule has 0 spiro atoms. The molecule has 162 valence electrons. The summed E-state index contributed by atoms with van der Waals surface area (Å²) in [5.41, 5.74) is 1.63. The number of ether oxygens (including phenoxy) is 1. The minimum absolute atomic E-state index is 0.0390. The highest BCUT2D eigenvalue weighted by Crippen LogP contribution is 2.27. The number of nitrogens with zero attached hydrogens (tertiary/aromatic N) is 1. The van der Waals surface area contributed by atoms with Crippen LogP contribution in [-0.2, 0) is 14.8 Å². The number of benzene rings is 1. The molecular weight excluding hydrogens is 424 g/mol. The molecule has 1 aromatic carbocycles. The van der Waals surface area contributed by atoms with E-state index in [1.807, 2.05) is 6.07 Å². The van der Waals surface area contributed by atoms with E-state index in [0.717, 1.165) is 62.7 Å². The average Bonchev–Trinajstić information content (AvgIpc) is 3.47. The lowest BCUT2D eigenvalue weighted by Gasteiger charge is -2.31. The molecule has 3 heterocycles. The van der Waals surface area contributed by atoms with Gasteiger partial charge in [0, 0.05) is 50.7 Å². The molecule has 2 fully saturated rings. The minimum Gasteiger partial charge on any atom is -0.376 e. The topological polar surface area (TPSA) is 99.8 Å². The molecule has 1 amide bonds. The van der Waals surface area contributed by atoms with Crippen molar-refractivity contribution >= 4 is 38.6 Å². The average molecular weight is 451 g/mol. The van der Waals surface area contributed by atoms with Gasteiger partial charge in [0.25, 0.3) is 15.9 Å². The summed E-state index contributed by atoms with van der Waals surface area (Å²) in [5, 5.41) is 7.98. The van der Waals surface area contributed by atoms with E-state index in [1.54, 1.807) is 29.6 Å². The van der Waals surface area contributed by atoms with Crippen molar-refractivity contribution in [3.8, 4) is 0 Å². The van der Waals surface area contributed by atoms with Crippen molar-refractivity contribution in [2.45, 2.75) is 23.2 Å². The van der Waals surface area contributed by atoms with Gasteiger partial charge in [0.05, 0.1) is 11.7 Å². The van der Waals surface area contributed by atoms with Gasteiger partial charge in [0.2, 0.25) is 0 Å². The quantitative estimate of drug-likeness (QED) is 0.596. The first-order valence-corrected chi connectivity index (χ1v) is 12.4. The third-order valence-corrected chi connectivity index (χ3v) is 8.00. The fourth-order valence-electron chi connectivity index (χ4n) is 3.69. The number of hydrogen-bond acceptors (Lipinski definition) is 7. The van der Waals surface area contributed by atoms with E-state index < -0.39 is 10.0 Å². The van der Waals surface area contributed by atoms with Crippen molar-refractivity contribution in [3.05, 3.63) is 41.3 Å². The Kier molecular flexibility index (Phi) is 6.57. The zero-order chi connectivity index (χ0) is 21.0.